The molecule has 1 aliphatic heterocycles. The van der Waals surface area contributed by atoms with Crippen molar-refractivity contribution in [1.29, 1.82) is 0 Å². The molecule has 0 bridgehead atoms. The molecule has 1 atom stereocenters. The smallest absolute Gasteiger partial charge is 0.173 e. The summed E-state index contributed by atoms with van der Waals surface area (Å²) in [5.41, 5.74) is 6.19. The molecule has 36 heavy (non-hydrogen) atoms. The predicted octanol–water partition coefficient (Wildman–Crippen LogP) is 5.01. The molecule has 1 fully saturated rings. The van der Waals surface area contributed by atoms with Crippen molar-refractivity contribution in [3.8, 4) is 0 Å². The molecule has 3 aromatic carbocycles. The molecule has 1 aliphatic rings. The lowest BCUT2D eigenvalue weighted by Gasteiger charge is -2.40. The summed E-state index contributed by atoms with van der Waals surface area (Å²) >= 11 is 0. The van der Waals surface area contributed by atoms with Crippen LogP contribution >= 0.6 is 12.4 Å². The highest BCUT2D eigenvalue weighted by atomic mass is 35.5. The number of piperazine rings is 1. The Morgan fingerprint density at radius 3 is 2.31 bits per heavy atom. The fourth-order valence-electron chi connectivity index (χ4n) is 4.91. The Bertz CT molecular complexity index is 1250. The normalized spacial score (nSPS) is 14.9. The number of nitrogens with zero attached hydrogens (tertiary/aromatic N) is 6. The third-order valence-electron chi connectivity index (χ3n) is 7.04. The van der Waals surface area contributed by atoms with Gasteiger partial charge < -0.3 is 4.90 Å². The molecule has 8 heteroatoms. The Morgan fingerprint density at radius 1 is 0.861 bits per heavy atom. The van der Waals surface area contributed by atoms with Gasteiger partial charge in [-0.25, -0.2) is 9.07 Å². The minimum Gasteiger partial charge on any atom is -0.369 e. The zero-order chi connectivity index (χ0) is 24.2. The number of hydrogen-bond donors (Lipinski definition) is 0. The molecule has 0 aliphatic carbocycles. The van der Waals surface area contributed by atoms with Crippen LogP contribution in [0, 0.1) is 19.7 Å². The fourth-order valence-corrected chi connectivity index (χ4v) is 4.91. The summed E-state index contributed by atoms with van der Waals surface area (Å²) in [7, 11) is 0. The third kappa shape index (κ3) is 5.58. The van der Waals surface area contributed by atoms with Crippen LogP contribution in [0.25, 0.3) is 0 Å². The van der Waals surface area contributed by atoms with Crippen molar-refractivity contribution in [2.45, 2.75) is 32.9 Å². The monoisotopic (exact) mass is 506 g/mol. The van der Waals surface area contributed by atoms with Gasteiger partial charge in [-0.3, -0.25) is 4.90 Å². The largest absolute Gasteiger partial charge is 0.369 e. The van der Waals surface area contributed by atoms with Crippen LogP contribution in [-0.4, -0.2) is 51.3 Å². The molecular weight excluding hydrogens is 475 g/mol. The molecule has 0 spiro atoms. The summed E-state index contributed by atoms with van der Waals surface area (Å²) in [6, 6.07) is 23.5. The van der Waals surface area contributed by atoms with Crippen LogP contribution in [0.5, 0.6) is 0 Å². The number of anilines is 1. The second-order valence-corrected chi connectivity index (χ2v) is 9.19. The average molecular weight is 507 g/mol. The van der Waals surface area contributed by atoms with Crippen LogP contribution < -0.4 is 4.90 Å². The first-order chi connectivity index (χ1) is 17.1. The van der Waals surface area contributed by atoms with Gasteiger partial charge in [0, 0.05) is 38.4 Å². The second kappa shape index (κ2) is 11.6. The molecule has 1 unspecified atom stereocenters. The Kier molecular flexibility index (Phi) is 8.33. The van der Waals surface area contributed by atoms with Crippen molar-refractivity contribution in [2.24, 2.45) is 0 Å². The second-order valence-electron chi connectivity index (χ2n) is 9.19. The number of tetrazole rings is 1. The summed E-state index contributed by atoms with van der Waals surface area (Å²) in [5, 5.41) is 12.8. The van der Waals surface area contributed by atoms with Crippen molar-refractivity contribution in [2.75, 3.05) is 31.1 Å². The van der Waals surface area contributed by atoms with E-state index >= 15 is 0 Å². The SMILES string of the molecule is Cc1cccc(N2CCN(C(c3ccc(F)cc3)c3nnnn3CCc3ccccc3)CC2)c1C.Cl. The Balaban J connectivity index is 0.00000304. The van der Waals surface area contributed by atoms with E-state index in [0.29, 0.717) is 6.54 Å². The maximum Gasteiger partial charge on any atom is 0.173 e. The molecule has 188 valence electrons. The topological polar surface area (TPSA) is 50.1 Å². The summed E-state index contributed by atoms with van der Waals surface area (Å²) in [5.74, 6) is 0.559. The van der Waals surface area contributed by atoms with Crippen molar-refractivity contribution in [3.63, 3.8) is 0 Å². The molecule has 0 N–H and O–H groups in total. The molecule has 4 aromatic rings. The lowest BCUT2D eigenvalue weighted by Crippen LogP contribution is -2.48. The molecule has 2 heterocycles. The van der Waals surface area contributed by atoms with E-state index < -0.39 is 0 Å². The Hall–Kier alpha value is -3.29. The molecule has 1 saturated heterocycles. The first-order valence-corrected chi connectivity index (χ1v) is 12.2. The van der Waals surface area contributed by atoms with E-state index in [2.05, 4.69) is 69.5 Å². The highest BCUT2D eigenvalue weighted by Gasteiger charge is 2.31. The molecule has 0 saturated carbocycles. The van der Waals surface area contributed by atoms with Crippen LogP contribution in [0.3, 0.4) is 0 Å². The zero-order valence-corrected chi connectivity index (χ0v) is 21.5. The lowest BCUT2D eigenvalue weighted by atomic mass is 10.0. The predicted molar refractivity (Wildman–Crippen MR) is 143 cm³/mol. The number of aryl methyl sites for hydroxylation is 3. The van der Waals surface area contributed by atoms with Gasteiger partial charge in [0.05, 0.1) is 6.04 Å². The third-order valence-corrected chi connectivity index (χ3v) is 7.04. The van der Waals surface area contributed by atoms with E-state index in [1.807, 2.05) is 35.0 Å². The quantitative estimate of drug-likeness (QED) is 0.353. The highest BCUT2D eigenvalue weighted by molar-refractivity contribution is 5.85. The maximum absolute atomic E-state index is 13.8. The van der Waals surface area contributed by atoms with E-state index in [-0.39, 0.29) is 24.3 Å². The number of rotatable bonds is 7. The Labute approximate surface area is 218 Å². The fraction of sp³-hybridized carbons (Fsp3) is 0.321. The standard InChI is InChI=1S/C28H31FN6.ClH/c1-21-7-6-10-26(22(21)2)33-17-19-34(20-18-33)27(24-11-13-25(29)14-12-24)28-30-31-32-35(28)16-15-23-8-4-3-5-9-23;/h3-14,27H,15-20H2,1-2H3;1H. The van der Waals surface area contributed by atoms with E-state index in [9.17, 15) is 4.39 Å². The van der Waals surface area contributed by atoms with E-state index in [1.165, 1.54) is 34.5 Å². The summed E-state index contributed by atoms with van der Waals surface area (Å²) in [6.07, 6.45) is 0.843. The van der Waals surface area contributed by atoms with Crippen molar-refractivity contribution >= 4 is 18.1 Å². The molecule has 0 radical (unpaired) electrons. The van der Waals surface area contributed by atoms with Gasteiger partial charge in [-0.15, -0.1) is 17.5 Å². The van der Waals surface area contributed by atoms with Gasteiger partial charge >= 0.3 is 0 Å². The first kappa shape index (κ1) is 25.8. The van der Waals surface area contributed by atoms with Gasteiger partial charge in [-0.05, 0) is 71.1 Å². The van der Waals surface area contributed by atoms with Crippen molar-refractivity contribution in [1.82, 2.24) is 25.1 Å². The zero-order valence-electron chi connectivity index (χ0n) is 20.7. The molecule has 0 amide bonds. The lowest BCUT2D eigenvalue weighted by molar-refractivity contribution is 0.200. The van der Waals surface area contributed by atoms with Gasteiger partial charge in [0.15, 0.2) is 5.82 Å². The molecule has 6 nitrogen and oxygen atoms in total. The van der Waals surface area contributed by atoms with Crippen LogP contribution in [-0.2, 0) is 13.0 Å². The average Bonchev–Trinajstić information content (AvgIpc) is 3.35. The highest BCUT2D eigenvalue weighted by Crippen LogP contribution is 2.30. The van der Waals surface area contributed by atoms with Crippen LogP contribution in [0.2, 0.25) is 0 Å². The minimum absolute atomic E-state index is 0. The van der Waals surface area contributed by atoms with E-state index in [4.69, 9.17) is 0 Å². The van der Waals surface area contributed by atoms with Gasteiger partial charge in [0.25, 0.3) is 0 Å². The van der Waals surface area contributed by atoms with Gasteiger partial charge in [0.1, 0.15) is 5.82 Å². The number of halogens is 2. The van der Waals surface area contributed by atoms with E-state index in [1.54, 1.807) is 0 Å². The summed E-state index contributed by atoms with van der Waals surface area (Å²) < 4.78 is 15.7. The molecule has 5 rings (SSSR count). The molecular formula is C28H32ClFN6. The Morgan fingerprint density at radius 2 is 1.58 bits per heavy atom. The number of aromatic nitrogens is 4. The number of hydrogen-bond acceptors (Lipinski definition) is 5. The van der Waals surface area contributed by atoms with E-state index in [0.717, 1.165) is 44.0 Å². The van der Waals surface area contributed by atoms with Crippen LogP contribution in [0.15, 0.2) is 72.8 Å². The van der Waals surface area contributed by atoms with Crippen LogP contribution in [0.4, 0.5) is 10.1 Å². The van der Waals surface area contributed by atoms with Gasteiger partial charge in [-0.2, -0.15) is 0 Å². The molecule has 1 aromatic heterocycles. The van der Waals surface area contributed by atoms with Crippen molar-refractivity contribution in [3.05, 3.63) is 107 Å². The first-order valence-electron chi connectivity index (χ1n) is 12.2. The summed E-state index contributed by atoms with van der Waals surface area (Å²) in [4.78, 5) is 4.87. The minimum atomic E-state index is -0.240. The van der Waals surface area contributed by atoms with Gasteiger partial charge in [0.2, 0.25) is 0 Å². The van der Waals surface area contributed by atoms with Crippen LogP contribution in [0.1, 0.15) is 34.1 Å². The van der Waals surface area contributed by atoms with Gasteiger partial charge in [-0.1, -0.05) is 54.6 Å². The summed E-state index contributed by atoms with van der Waals surface area (Å²) in [6.45, 7) is 8.59. The van der Waals surface area contributed by atoms with Crippen molar-refractivity contribution < 1.29 is 4.39 Å². The number of benzene rings is 3. The maximum atomic E-state index is 13.8.